The summed E-state index contributed by atoms with van der Waals surface area (Å²) in [7, 11) is 0. The van der Waals surface area contributed by atoms with Gasteiger partial charge in [0.25, 0.3) is 0 Å². The van der Waals surface area contributed by atoms with Gasteiger partial charge in [-0.2, -0.15) is 0 Å². The first-order valence-corrected chi connectivity index (χ1v) is 12.6. The predicted octanol–water partition coefficient (Wildman–Crippen LogP) is 6.71. The van der Waals surface area contributed by atoms with Crippen LogP contribution in [0.15, 0.2) is 85.2 Å². The van der Waals surface area contributed by atoms with E-state index in [2.05, 4.69) is 81.3 Å². The van der Waals surface area contributed by atoms with E-state index in [9.17, 15) is 0 Å². The molecule has 0 bridgehead atoms. The summed E-state index contributed by atoms with van der Waals surface area (Å²) < 4.78 is 0. The van der Waals surface area contributed by atoms with Crippen molar-refractivity contribution in [3.63, 3.8) is 0 Å². The van der Waals surface area contributed by atoms with Gasteiger partial charge < -0.3 is 10.6 Å². The minimum atomic E-state index is 0.259. The molecule has 1 aliphatic carbocycles. The summed E-state index contributed by atoms with van der Waals surface area (Å²) in [5.74, 6) is 1.78. The fourth-order valence-electron chi connectivity index (χ4n) is 5.46. The zero-order valence-corrected chi connectivity index (χ0v) is 19.9. The molecule has 0 saturated heterocycles. The summed E-state index contributed by atoms with van der Waals surface area (Å²) in [6.45, 7) is 0. The number of hydrogen-bond acceptors (Lipinski definition) is 6. The van der Waals surface area contributed by atoms with Gasteiger partial charge in [0.05, 0.1) is 22.1 Å². The van der Waals surface area contributed by atoms with Crippen molar-refractivity contribution in [1.29, 1.82) is 0 Å². The van der Waals surface area contributed by atoms with E-state index in [0.717, 1.165) is 68.1 Å². The standard InChI is InChI=1S/C30H26N6/c1-2-8-24(34-26-16-14-22-12-10-20-6-4-18-32-28(20)30(22)36-26)23(7-1)33-25-15-13-21-11-9-19-5-3-17-31-27(19)29(21)35-25/h3-6,9-18,23-24H,1-2,7-8H2,(H,33,35)(H,34,36)/t23-,24-/m0/s1. The van der Waals surface area contributed by atoms with E-state index < -0.39 is 0 Å². The van der Waals surface area contributed by atoms with Crippen molar-refractivity contribution >= 4 is 55.2 Å². The van der Waals surface area contributed by atoms with E-state index in [1.54, 1.807) is 0 Å². The Kier molecular flexibility index (Phi) is 5.09. The van der Waals surface area contributed by atoms with Gasteiger partial charge >= 0.3 is 0 Å². The van der Waals surface area contributed by atoms with E-state index in [-0.39, 0.29) is 12.1 Å². The SMILES string of the molecule is c1cnc2c(c1)ccc1ccc(N[C@H]3CCCC[C@@H]3Nc3ccc4ccc5cccnc5c4n3)nc12. The molecule has 36 heavy (non-hydrogen) atoms. The quantitative estimate of drug-likeness (QED) is 0.279. The Bertz CT molecular complexity index is 1600. The van der Waals surface area contributed by atoms with E-state index in [1.165, 1.54) is 12.8 Å². The molecular formula is C30H26N6. The van der Waals surface area contributed by atoms with Crippen LogP contribution in [0.25, 0.3) is 43.6 Å². The summed E-state index contributed by atoms with van der Waals surface area (Å²) in [6.07, 6.45) is 8.24. The molecule has 0 aliphatic heterocycles. The van der Waals surface area contributed by atoms with Crippen LogP contribution in [0.5, 0.6) is 0 Å². The van der Waals surface area contributed by atoms with Crippen molar-refractivity contribution in [3.05, 3.63) is 85.2 Å². The fraction of sp³-hybridized carbons (Fsp3) is 0.200. The molecule has 1 saturated carbocycles. The molecule has 6 aromatic rings. The van der Waals surface area contributed by atoms with E-state index in [1.807, 2.05) is 24.5 Å². The minimum Gasteiger partial charge on any atom is -0.365 e. The van der Waals surface area contributed by atoms with Crippen LogP contribution in [0, 0.1) is 0 Å². The molecule has 6 nitrogen and oxygen atoms in total. The molecule has 4 heterocycles. The van der Waals surface area contributed by atoms with Crippen LogP contribution in [0.4, 0.5) is 11.6 Å². The highest BCUT2D eigenvalue weighted by molar-refractivity contribution is 6.04. The van der Waals surface area contributed by atoms with Crippen LogP contribution in [-0.4, -0.2) is 32.0 Å². The second-order valence-electron chi connectivity index (χ2n) is 9.60. The van der Waals surface area contributed by atoms with Crippen molar-refractivity contribution in [3.8, 4) is 0 Å². The lowest BCUT2D eigenvalue weighted by Crippen LogP contribution is -2.42. The molecule has 0 radical (unpaired) electrons. The Morgan fingerprint density at radius 3 is 1.39 bits per heavy atom. The van der Waals surface area contributed by atoms with Crippen LogP contribution in [-0.2, 0) is 0 Å². The number of fused-ring (bicyclic) bond motifs is 6. The molecule has 2 atom stereocenters. The Balaban J connectivity index is 1.19. The first kappa shape index (κ1) is 21.0. The lowest BCUT2D eigenvalue weighted by molar-refractivity contribution is 0.422. The normalized spacial score (nSPS) is 18.1. The van der Waals surface area contributed by atoms with Crippen LogP contribution in [0.2, 0.25) is 0 Å². The number of benzene rings is 2. The van der Waals surface area contributed by atoms with Crippen LogP contribution in [0.1, 0.15) is 25.7 Å². The number of rotatable bonds is 4. The van der Waals surface area contributed by atoms with Gasteiger partial charge in [-0.25, -0.2) is 9.97 Å². The van der Waals surface area contributed by atoms with Gasteiger partial charge in [0.2, 0.25) is 0 Å². The summed E-state index contributed by atoms with van der Waals surface area (Å²) >= 11 is 0. The molecule has 6 heteroatoms. The average molecular weight is 471 g/mol. The van der Waals surface area contributed by atoms with Crippen molar-refractivity contribution in [1.82, 2.24) is 19.9 Å². The molecule has 0 unspecified atom stereocenters. The molecule has 0 spiro atoms. The lowest BCUT2D eigenvalue weighted by atomic mass is 9.90. The molecule has 4 aromatic heterocycles. The van der Waals surface area contributed by atoms with E-state index in [4.69, 9.17) is 9.97 Å². The second-order valence-corrected chi connectivity index (χ2v) is 9.60. The zero-order valence-electron chi connectivity index (χ0n) is 19.9. The molecule has 1 aliphatic rings. The van der Waals surface area contributed by atoms with E-state index in [0.29, 0.717) is 0 Å². The molecule has 1 fully saturated rings. The molecule has 2 N–H and O–H groups in total. The first-order chi connectivity index (χ1) is 17.8. The van der Waals surface area contributed by atoms with Gasteiger partial charge in [0.1, 0.15) is 11.6 Å². The molecule has 176 valence electrons. The number of nitrogens with zero attached hydrogens (tertiary/aromatic N) is 4. The van der Waals surface area contributed by atoms with Crippen LogP contribution >= 0.6 is 0 Å². The minimum absolute atomic E-state index is 0.259. The third-order valence-electron chi connectivity index (χ3n) is 7.30. The summed E-state index contributed by atoms with van der Waals surface area (Å²) in [6, 6.07) is 25.5. The van der Waals surface area contributed by atoms with Crippen LogP contribution < -0.4 is 10.6 Å². The maximum Gasteiger partial charge on any atom is 0.127 e. The van der Waals surface area contributed by atoms with Crippen LogP contribution in [0.3, 0.4) is 0 Å². The highest BCUT2D eigenvalue weighted by atomic mass is 15.1. The molecule has 2 aromatic carbocycles. The first-order valence-electron chi connectivity index (χ1n) is 12.6. The fourth-order valence-corrected chi connectivity index (χ4v) is 5.46. The number of anilines is 2. The Morgan fingerprint density at radius 2 is 0.917 bits per heavy atom. The molecule has 7 rings (SSSR count). The topological polar surface area (TPSA) is 75.6 Å². The zero-order chi connectivity index (χ0) is 23.9. The molecule has 0 amide bonds. The third kappa shape index (κ3) is 3.75. The van der Waals surface area contributed by atoms with Crippen molar-refractivity contribution in [2.24, 2.45) is 0 Å². The summed E-state index contributed by atoms with van der Waals surface area (Å²) in [5, 5.41) is 11.9. The monoisotopic (exact) mass is 470 g/mol. The Labute approximate surface area is 208 Å². The van der Waals surface area contributed by atoms with Gasteiger partial charge in [0.15, 0.2) is 0 Å². The van der Waals surface area contributed by atoms with Crippen molar-refractivity contribution in [2.45, 2.75) is 37.8 Å². The smallest absolute Gasteiger partial charge is 0.127 e. The number of pyridine rings is 4. The number of hydrogen-bond donors (Lipinski definition) is 2. The summed E-state index contributed by atoms with van der Waals surface area (Å²) in [4.78, 5) is 19.2. The van der Waals surface area contributed by atoms with Gasteiger partial charge in [-0.1, -0.05) is 49.2 Å². The average Bonchev–Trinajstić information content (AvgIpc) is 2.94. The van der Waals surface area contributed by atoms with E-state index >= 15 is 0 Å². The number of nitrogens with one attached hydrogen (secondary N) is 2. The molecular weight excluding hydrogens is 444 g/mol. The highest BCUT2D eigenvalue weighted by Crippen LogP contribution is 2.29. The predicted molar refractivity (Wildman–Crippen MR) is 147 cm³/mol. The number of aromatic nitrogens is 4. The lowest BCUT2D eigenvalue weighted by Gasteiger charge is -2.33. The Hall–Kier alpha value is -4.32. The van der Waals surface area contributed by atoms with Gasteiger partial charge in [-0.3, -0.25) is 9.97 Å². The van der Waals surface area contributed by atoms with Crippen molar-refractivity contribution < 1.29 is 0 Å². The highest BCUT2D eigenvalue weighted by Gasteiger charge is 2.26. The van der Waals surface area contributed by atoms with Gasteiger partial charge in [-0.15, -0.1) is 0 Å². The van der Waals surface area contributed by atoms with Gasteiger partial charge in [0, 0.05) is 46.0 Å². The largest absolute Gasteiger partial charge is 0.365 e. The maximum absolute atomic E-state index is 4.99. The Morgan fingerprint density at radius 1 is 0.500 bits per heavy atom. The second kappa shape index (κ2) is 8.72. The third-order valence-corrected chi connectivity index (χ3v) is 7.30. The maximum atomic E-state index is 4.99. The van der Waals surface area contributed by atoms with Crippen molar-refractivity contribution in [2.75, 3.05) is 10.6 Å². The summed E-state index contributed by atoms with van der Waals surface area (Å²) in [5.41, 5.74) is 3.76. The van der Waals surface area contributed by atoms with Gasteiger partial charge in [-0.05, 0) is 49.2 Å².